The second-order valence-corrected chi connectivity index (χ2v) is 3.74. The highest BCUT2D eigenvalue weighted by Gasteiger charge is 2.04. The summed E-state index contributed by atoms with van der Waals surface area (Å²) in [5.74, 6) is 0.941. The van der Waals surface area contributed by atoms with Gasteiger partial charge in [-0.15, -0.1) is 0 Å². The van der Waals surface area contributed by atoms with Crippen molar-refractivity contribution < 1.29 is 9.13 Å². The molecule has 0 aliphatic heterocycles. The lowest BCUT2D eigenvalue weighted by atomic mass is 10.2. The van der Waals surface area contributed by atoms with Gasteiger partial charge in [0, 0.05) is 12.4 Å². The van der Waals surface area contributed by atoms with E-state index in [0.717, 1.165) is 5.39 Å². The lowest BCUT2D eigenvalue weighted by molar-refractivity contribution is 0.485. The van der Waals surface area contributed by atoms with Gasteiger partial charge in [-0.2, -0.15) is 0 Å². The van der Waals surface area contributed by atoms with Gasteiger partial charge in [-0.25, -0.2) is 14.4 Å². The standard InChI is InChI=1S/C14H9FN2O/c15-10-3-5-11(6-4-10)18-13-7-9-17-14-12(13)2-1-8-16-14/h1-9H. The number of hydrogen-bond acceptors (Lipinski definition) is 3. The Bertz CT molecular complexity index is 677. The van der Waals surface area contributed by atoms with Crippen LogP contribution in [-0.2, 0) is 0 Å². The van der Waals surface area contributed by atoms with E-state index in [1.807, 2.05) is 12.1 Å². The number of hydrogen-bond donors (Lipinski definition) is 0. The molecular weight excluding hydrogens is 231 g/mol. The Morgan fingerprint density at radius 2 is 1.67 bits per heavy atom. The highest BCUT2D eigenvalue weighted by molar-refractivity contribution is 5.81. The molecule has 0 fully saturated rings. The van der Waals surface area contributed by atoms with Crippen LogP contribution in [0, 0.1) is 5.82 Å². The van der Waals surface area contributed by atoms with Crippen molar-refractivity contribution in [2.75, 3.05) is 0 Å². The molecule has 0 radical (unpaired) electrons. The van der Waals surface area contributed by atoms with Crippen LogP contribution < -0.4 is 4.74 Å². The number of rotatable bonds is 2. The average Bonchev–Trinajstić information content (AvgIpc) is 2.42. The van der Waals surface area contributed by atoms with Gasteiger partial charge in [0.1, 0.15) is 17.3 Å². The fraction of sp³-hybridized carbons (Fsp3) is 0. The molecule has 4 heteroatoms. The first-order chi connectivity index (χ1) is 8.83. The van der Waals surface area contributed by atoms with Crippen LogP contribution in [-0.4, -0.2) is 9.97 Å². The third kappa shape index (κ3) is 2.00. The number of fused-ring (bicyclic) bond motifs is 1. The first-order valence-electron chi connectivity index (χ1n) is 5.46. The predicted octanol–water partition coefficient (Wildman–Crippen LogP) is 3.56. The van der Waals surface area contributed by atoms with Crippen LogP contribution in [0.4, 0.5) is 4.39 Å². The maximum absolute atomic E-state index is 12.8. The summed E-state index contributed by atoms with van der Waals surface area (Å²) < 4.78 is 18.5. The SMILES string of the molecule is Fc1ccc(Oc2ccnc3ncccc23)cc1. The molecule has 0 saturated carbocycles. The van der Waals surface area contributed by atoms with Crippen molar-refractivity contribution in [1.82, 2.24) is 9.97 Å². The monoisotopic (exact) mass is 240 g/mol. The Hall–Kier alpha value is -2.49. The molecule has 0 atom stereocenters. The van der Waals surface area contributed by atoms with Gasteiger partial charge in [0.15, 0.2) is 5.65 Å². The third-order valence-electron chi connectivity index (χ3n) is 2.52. The van der Waals surface area contributed by atoms with Gasteiger partial charge >= 0.3 is 0 Å². The molecule has 0 aliphatic carbocycles. The molecule has 0 N–H and O–H groups in total. The van der Waals surface area contributed by atoms with Crippen molar-refractivity contribution in [3.05, 3.63) is 60.7 Å². The Balaban J connectivity index is 2.02. The van der Waals surface area contributed by atoms with Crippen LogP contribution >= 0.6 is 0 Å². The van der Waals surface area contributed by atoms with E-state index in [2.05, 4.69) is 9.97 Å². The van der Waals surface area contributed by atoms with Crippen LogP contribution in [0.5, 0.6) is 11.5 Å². The summed E-state index contributed by atoms with van der Waals surface area (Å²) in [6, 6.07) is 11.3. The number of aromatic nitrogens is 2. The van der Waals surface area contributed by atoms with Gasteiger partial charge in [-0.1, -0.05) is 0 Å². The van der Waals surface area contributed by atoms with Crippen molar-refractivity contribution in [2.24, 2.45) is 0 Å². The second-order valence-electron chi connectivity index (χ2n) is 3.74. The quantitative estimate of drug-likeness (QED) is 0.687. The first kappa shape index (κ1) is 10.7. The lowest BCUT2D eigenvalue weighted by Crippen LogP contribution is -1.89. The molecule has 18 heavy (non-hydrogen) atoms. The van der Waals surface area contributed by atoms with Crippen molar-refractivity contribution >= 4 is 11.0 Å². The van der Waals surface area contributed by atoms with Gasteiger partial charge in [0.25, 0.3) is 0 Å². The molecule has 88 valence electrons. The average molecular weight is 240 g/mol. The lowest BCUT2D eigenvalue weighted by Gasteiger charge is -2.07. The molecule has 0 spiro atoms. The molecule has 0 bridgehead atoms. The summed E-state index contributed by atoms with van der Waals surface area (Å²) in [6.07, 6.45) is 3.31. The zero-order valence-corrected chi connectivity index (χ0v) is 9.38. The largest absolute Gasteiger partial charge is 0.457 e. The van der Waals surface area contributed by atoms with Crippen LogP contribution in [0.15, 0.2) is 54.9 Å². The number of pyridine rings is 2. The highest BCUT2D eigenvalue weighted by Crippen LogP contribution is 2.27. The summed E-state index contributed by atoms with van der Waals surface area (Å²) in [5, 5.41) is 0.823. The van der Waals surface area contributed by atoms with Gasteiger partial charge in [-0.3, -0.25) is 0 Å². The van der Waals surface area contributed by atoms with Crippen LogP contribution in [0.1, 0.15) is 0 Å². The number of ether oxygens (including phenoxy) is 1. The van der Waals surface area contributed by atoms with E-state index in [0.29, 0.717) is 17.1 Å². The summed E-state index contributed by atoms with van der Waals surface area (Å²) in [7, 11) is 0. The van der Waals surface area contributed by atoms with E-state index in [1.54, 1.807) is 30.6 Å². The Kier molecular flexibility index (Phi) is 2.61. The van der Waals surface area contributed by atoms with Crippen molar-refractivity contribution in [1.29, 1.82) is 0 Å². The fourth-order valence-electron chi connectivity index (χ4n) is 1.68. The Morgan fingerprint density at radius 1 is 0.889 bits per heavy atom. The van der Waals surface area contributed by atoms with E-state index < -0.39 is 0 Å². The smallest absolute Gasteiger partial charge is 0.162 e. The molecule has 0 unspecified atom stereocenters. The van der Waals surface area contributed by atoms with Gasteiger partial charge in [0.05, 0.1) is 5.39 Å². The summed E-state index contributed by atoms with van der Waals surface area (Å²) >= 11 is 0. The van der Waals surface area contributed by atoms with Crippen molar-refractivity contribution in [3.63, 3.8) is 0 Å². The molecular formula is C14H9FN2O. The van der Waals surface area contributed by atoms with Gasteiger partial charge in [-0.05, 0) is 42.5 Å². The normalized spacial score (nSPS) is 10.5. The predicted molar refractivity (Wildman–Crippen MR) is 66.0 cm³/mol. The maximum atomic E-state index is 12.8. The molecule has 1 aromatic carbocycles. The number of halogens is 1. The minimum absolute atomic E-state index is 0.288. The molecule has 3 rings (SSSR count). The molecule has 0 aliphatic rings. The number of nitrogens with zero attached hydrogens (tertiary/aromatic N) is 2. The minimum Gasteiger partial charge on any atom is -0.457 e. The summed E-state index contributed by atoms with van der Waals surface area (Å²) in [5.41, 5.74) is 0.622. The van der Waals surface area contributed by atoms with Crippen LogP contribution in [0.2, 0.25) is 0 Å². The van der Waals surface area contributed by atoms with E-state index in [4.69, 9.17) is 4.74 Å². The fourth-order valence-corrected chi connectivity index (χ4v) is 1.68. The highest BCUT2D eigenvalue weighted by atomic mass is 19.1. The molecule has 3 aromatic rings. The molecule has 0 amide bonds. The van der Waals surface area contributed by atoms with E-state index >= 15 is 0 Å². The molecule has 0 saturated heterocycles. The van der Waals surface area contributed by atoms with E-state index in [1.165, 1.54) is 12.1 Å². The summed E-state index contributed by atoms with van der Waals surface area (Å²) in [4.78, 5) is 8.29. The van der Waals surface area contributed by atoms with Gasteiger partial charge in [0.2, 0.25) is 0 Å². The molecule has 3 nitrogen and oxygen atoms in total. The zero-order valence-electron chi connectivity index (χ0n) is 9.38. The van der Waals surface area contributed by atoms with Crippen molar-refractivity contribution in [2.45, 2.75) is 0 Å². The summed E-state index contributed by atoms with van der Waals surface area (Å²) in [6.45, 7) is 0. The number of benzene rings is 1. The Morgan fingerprint density at radius 3 is 2.50 bits per heavy atom. The maximum Gasteiger partial charge on any atom is 0.162 e. The van der Waals surface area contributed by atoms with E-state index in [-0.39, 0.29) is 5.82 Å². The van der Waals surface area contributed by atoms with Crippen molar-refractivity contribution in [3.8, 4) is 11.5 Å². The van der Waals surface area contributed by atoms with Crippen LogP contribution in [0.3, 0.4) is 0 Å². The third-order valence-corrected chi connectivity index (χ3v) is 2.52. The molecule has 2 heterocycles. The molecule has 2 aromatic heterocycles. The zero-order chi connectivity index (χ0) is 12.4. The Labute approximate surface area is 103 Å². The van der Waals surface area contributed by atoms with E-state index in [9.17, 15) is 4.39 Å². The van der Waals surface area contributed by atoms with Gasteiger partial charge < -0.3 is 4.74 Å². The second kappa shape index (κ2) is 4.41. The minimum atomic E-state index is -0.288. The first-order valence-corrected chi connectivity index (χ1v) is 5.46. The van der Waals surface area contributed by atoms with Crippen LogP contribution in [0.25, 0.3) is 11.0 Å². The topological polar surface area (TPSA) is 35.0 Å².